The number of nitrogens with one attached hydrogen (secondary N) is 2. The molecular weight excluding hydrogens is 200 g/mol. The summed E-state index contributed by atoms with van der Waals surface area (Å²) in [5.41, 5.74) is 6.85. The summed E-state index contributed by atoms with van der Waals surface area (Å²) in [6.07, 6.45) is 3.25. The fourth-order valence-corrected chi connectivity index (χ4v) is 0.509. The van der Waals surface area contributed by atoms with Gasteiger partial charge in [0.05, 0.1) is 0 Å². The monoisotopic (exact) mass is 230 g/mol. The van der Waals surface area contributed by atoms with Crippen LogP contribution in [0.4, 0.5) is 0 Å². The zero-order valence-electron chi connectivity index (χ0n) is 11.8. The van der Waals surface area contributed by atoms with Crippen LogP contribution in [0.5, 0.6) is 0 Å². The lowest BCUT2D eigenvalue weighted by Gasteiger charge is -2.07. The van der Waals surface area contributed by atoms with Gasteiger partial charge < -0.3 is 5.43 Å². The first-order valence-corrected chi connectivity index (χ1v) is 6.26. The van der Waals surface area contributed by atoms with E-state index in [4.69, 9.17) is 5.84 Å². The van der Waals surface area contributed by atoms with Crippen molar-refractivity contribution in [3.63, 3.8) is 0 Å². The van der Waals surface area contributed by atoms with Crippen molar-refractivity contribution in [2.24, 2.45) is 10.9 Å². The molecule has 0 spiro atoms. The van der Waals surface area contributed by atoms with E-state index < -0.39 is 0 Å². The maximum absolute atomic E-state index is 5.03. The highest BCUT2D eigenvalue weighted by atomic mass is 15.3. The second kappa shape index (κ2) is 12.5. The zero-order chi connectivity index (χ0) is 13.0. The number of hydrogen-bond acceptors (Lipinski definition) is 4. The summed E-state index contributed by atoms with van der Waals surface area (Å²) in [6, 6.07) is 0.964. The molecule has 4 heteroatoms. The number of rotatable bonds is 6. The van der Waals surface area contributed by atoms with Crippen LogP contribution >= 0.6 is 0 Å². The van der Waals surface area contributed by atoms with E-state index in [9.17, 15) is 0 Å². The molecular formula is C12H30N4. The third-order valence-electron chi connectivity index (χ3n) is 2.50. The molecule has 0 aliphatic heterocycles. The van der Waals surface area contributed by atoms with Gasteiger partial charge in [-0.25, -0.2) is 0 Å². The van der Waals surface area contributed by atoms with Crippen molar-refractivity contribution in [1.82, 2.24) is 10.9 Å². The Balaban J connectivity index is 0. The number of hydrazine groups is 1. The minimum atomic E-state index is 0.463. The Labute approximate surface area is 101 Å². The van der Waals surface area contributed by atoms with Crippen molar-refractivity contribution in [3.8, 4) is 0 Å². The van der Waals surface area contributed by atoms with Gasteiger partial charge in [0.2, 0.25) is 0 Å². The predicted molar refractivity (Wildman–Crippen MR) is 73.4 cm³/mol. The summed E-state index contributed by atoms with van der Waals surface area (Å²) in [6.45, 7) is 12.6. The summed E-state index contributed by atoms with van der Waals surface area (Å²) >= 11 is 0. The van der Waals surface area contributed by atoms with Gasteiger partial charge in [0.15, 0.2) is 0 Å². The molecule has 0 radical (unpaired) electrons. The molecule has 4 nitrogen and oxygen atoms in total. The Morgan fingerprint density at radius 2 is 1.62 bits per heavy atom. The molecule has 4 N–H and O–H groups in total. The Bertz CT molecular complexity index is 164. The van der Waals surface area contributed by atoms with E-state index in [-0.39, 0.29) is 0 Å². The van der Waals surface area contributed by atoms with Crippen molar-refractivity contribution in [2.45, 2.75) is 72.9 Å². The third kappa shape index (κ3) is 13.4. The van der Waals surface area contributed by atoms with Crippen LogP contribution < -0.4 is 16.7 Å². The lowest BCUT2D eigenvalue weighted by Crippen LogP contribution is -2.31. The van der Waals surface area contributed by atoms with Crippen molar-refractivity contribution in [1.29, 1.82) is 0 Å². The van der Waals surface area contributed by atoms with E-state index in [1.165, 1.54) is 5.71 Å². The molecule has 0 aromatic carbocycles. The molecule has 0 saturated carbocycles. The van der Waals surface area contributed by atoms with Gasteiger partial charge >= 0.3 is 0 Å². The molecule has 0 aromatic heterocycles. The first-order valence-electron chi connectivity index (χ1n) is 6.26. The average Bonchev–Trinajstić information content (AvgIpc) is 2.34. The molecule has 2 unspecified atom stereocenters. The minimum Gasteiger partial charge on any atom is -0.307 e. The quantitative estimate of drug-likeness (QED) is 0.373. The van der Waals surface area contributed by atoms with Gasteiger partial charge in [-0.3, -0.25) is 11.3 Å². The summed E-state index contributed by atoms with van der Waals surface area (Å²) in [5.74, 6) is 5.03. The van der Waals surface area contributed by atoms with Crippen LogP contribution in [0, 0.1) is 0 Å². The molecule has 0 fully saturated rings. The molecule has 16 heavy (non-hydrogen) atoms. The molecule has 0 aliphatic carbocycles. The van der Waals surface area contributed by atoms with Gasteiger partial charge in [0.25, 0.3) is 0 Å². The minimum absolute atomic E-state index is 0.463. The Hall–Kier alpha value is -0.610. The van der Waals surface area contributed by atoms with Gasteiger partial charge in [-0.1, -0.05) is 20.8 Å². The first kappa shape index (κ1) is 17.8. The molecule has 0 bridgehead atoms. The van der Waals surface area contributed by atoms with Crippen LogP contribution in [0.15, 0.2) is 5.10 Å². The van der Waals surface area contributed by atoms with Crippen molar-refractivity contribution < 1.29 is 0 Å². The molecule has 0 amide bonds. The molecule has 98 valence electrons. The molecule has 0 saturated heterocycles. The topological polar surface area (TPSA) is 62.4 Å². The van der Waals surface area contributed by atoms with E-state index in [1.807, 2.05) is 13.8 Å². The van der Waals surface area contributed by atoms with E-state index in [0.29, 0.717) is 12.1 Å². The summed E-state index contributed by atoms with van der Waals surface area (Å²) in [7, 11) is 0. The second-order valence-corrected chi connectivity index (χ2v) is 4.11. The lowest BCUT2D eigenvalue weighted by molar-refractivity contribution is 0.555. The second-order valence-electron chi connectivity index (χ2n) is 4.11. The molecule has 0 rings (SSSR count). The highest BCUT2D eigenvalue weighted by Gasteiger charge is 1.92. The fourth-order valence-electron chi connectivity index (χ4n) is 0.509. The van der Waals surface area contributed by atoms with Crippen LogP contribution in [0.3, 0.4) is 0 Å². The largest absolute Gasteiger partial charge is 0.307 e. The van der Waals surface area contributed by atoms with Gasteiger partial charge in [0.1, 0.15) is 0 Å². The van der Waals surface area contributed by atoms with Crippen LogP contribution in [-0.4, -0.2) is 17.8 Å². The Kier molecular flexibility index (Phi) is 13.8. The summed E-state index contributed by atoms with van der Waals surface area (Å²) in [5, 5.41) is 4.18. The number of hydrazone groups is 1. The number of nitrogens with zero attached hydrogens (tertiary/aromatic N) is 1. The maximum Gasteiger partial charge on any atom is 0.0409 e. The number of nitrogens with two attached hydrogens (primary N) is 1. The summed E-state index contributed by atoms with van der Waals surface area (Å²) in [4.78, 5) is 0. The van der Waals surface area contributed by atoms with Gasteiger partial charge in [-0.15, -0.1) is 0 Å². The molecule has 0 heterocycles. The summed E-state index contributed by atoms with van der Waals surface area (Å²) < 4.78 is 0. The molecule has 2 atom stereocenters. The van der Waals surface area contributed by atoms with Gasteiger partial charge in [-0.05, 0) is 40.0 Å². The highest BCUT2D eigenvalue weighted by Crippen LogP contribution is 1.88. The first-order chi connectivity index (χ1) is 7.51. The predicted octanol–water partition coefficient (Wildman–Crippen LogP) is 2.41. The van der Waals surface area contributed by atoms with Crippen LogP contribution in [-0.2, 0) is 0 Å². The fraction of sp³-hybridized carbons (Fsp3) is 0.917. The highest BCUT2D eigenvalue weighted by molar-refractivity contribution is 5.81. The average molecular weight is 230 g/mol. The van der Waals surface area contributed by atoms with E-state index in [2.05, 4.69) is 43.6 Å². The smallest absolute Gasteiger partial charge is 0.0409 e. The van der Waals surface area contributed by atoms with E-state index in [1.54, 1.807) is 0 Å². The van der Waals surface area contributed by atoms with Crippen LogP contribution in [0.25, 0.3) is 0 Å². The van der Waals surface area contributed by atoms with Crippen LogP contribution in [0.2, 0.25) is 0 Å². The molecule has 0 aromatic rings. The SMILES string of the molecule is CCC(C)=NNC(C)CC.CCC(C)NN. The van der Waals surface area contributed by atoms with Gasteiger partial charge in [-0.2, -0.15) is 5.10 Å². The van der Waals surface area contributed by atoms with Crippen LogP contribution in [0.1, 0.15) is 60.8 Å². The van der Waals surface area contributed by atoms with Crippen molar-refractivity contribution in [3.05, 3.63) is 0 Å². The number of hydrogen-bond donors (Lipinski definition) is 3. The maximum atomic E-state index is 5.03. The third-order valence-corrected chi connectivity index (χ3v) is 2.50. The van der Waals surface area contributed by atoms with Gasteiger partial charge in [0, 0.05) is 17.8 Å². The Morgan fingerprint density at radius 1 is 1.12 bits per heavy atom. The van der Waals surface area contributed by atoms with Crippen molar-refractivity contribution in [2.75, 3.05) is 0 Å². The lowest BCUT2D eigenvalue weighted by atomic mass is 10.3. The van der Waals surface area contributed by atoms with Crippen molar-refractivity contribution >= 4 is 5.71 Å². The van der Waals surface area contributed by atoms with E-state index in [0.717, 1.165) is 19.3 Å². The van der Waals surface area contributed by atoms with E-state index >= 15 is 0 Å². The zero-order valence-corrected chi connectivity index (χ0v) is 11.8. The molecule has 0 aliphatic rings. The normalized spacial score (nSPS) is 14.8. The Morgan fingerprint density at radius 3 is 1.88 bits per heavy atom. The standard InChI is InChI=1S/C8H18N2.C4H12N2/c1-5-7(3)9-10-8(4)6-2;1-3-4(2)6-5/h7,9H,5-6H2,1-4H3;4,6H,3,5H2,1-2H3.